The van der Waals surface area contributed by atoms with Crippen molar-refractivity contribution < 1.29 is 14.3 Å². The van der Waals surface area contributed by atoms with Crippen LogP contribution in [-0.4, -0.2) is 22.4 Å². The lowest BCUT2D eigenvalue weighted by Gasteiger charge is -2.39. The fourth-order valence-corrected chi connectivity index (χ4v) is 4.99. The molecule has 158 valence electrons. The average molecular weight is 408 g/mol. The van der Waals surface area contributed by atoms with Gasteiger partial charge in [0.15, 0.2) is 17.3 Å². The molecule has 1 unspecified atom stereocenters. The highest BCUT2D eigenvalue weighted by Gasteiger charge is 2.43. The van der Waals surface area contributed by atoms with Crippen molar-refractivity contribution in [3.63, 3.8) is 0 Å². The molecule has 5 rings (SSSR count). The third-order valence-electron chi connectivity index (χ3n) is 6.24. The Bertz CT molecular complexity index is 1100. The first-order valence-electron chi connectivity index (χ1n) is 10.6. The van der Waals surface area contributed by atoms with E-state index >= 15 is 0 Å². The van der Waals surface area contributed by atoms with Gasteiger partial charge < -0.3 is 14.8 Å². The summed E-state index contributed by atoms with van der Waals surface area (Å²) >= 11 is 0. The number of hydrogen-bond acceptors (Lipinski definition) is 5. The quantitative estimate of drug-likeness (QED) is 0.730. The standard InChI is InChI=1S/C24H29N3O3/c1-13-19-20(14-7-8-17-18(9-14)30-12-29-17)21-15(10-24(5,6)11-16(21)28)25-22(19)27(26-13)23(2,3)4/h7-9,20,25H,10-12H2,1-6H3. The molecule has 0 saturated heterocycles. The monoisotopic (exact) mass is 407 g/mol. The van der Waals surface area contributed by atoms with Gasteiger partial charge >= 0.3 is 0 Å². The number of ketones is 1. The van der Waals surface area contributed by atoms with Crippen molar-refractivity contribution in [3.05, 3.63) is 46.3 Å². The lowest BCUT2D eigenvalue weighted by molar-refractivity contribution is -0.118. The smallest absolute Gasteiger partial charge is 0.231 e. The summed E-state index contributed by atoms with van der Waals surface area (Å²) in [6.07, 6.45) is 1.39. The average Bonchev–Trinajstić information content (AvgIpc) is 3.22. The number of aromatic nitrogens is 2. The van der Waals surface area contributed by atoms with E-state index in [1.807, 2.05) is 19.1 Å². The van der Waals surface area contributed by atoms with Crippen LogP contribution in [0, 0.1) is 12.3 Å². The Hall–Kier alpha value is -2.76. The minimum absolute atomic E-state index is 0.0680. The van der Waals surface area contributed by atoms with Gasteiger partial charge in [-0.05, 0) is 57.2 Å². The molecular formula is C24H29N3O3. The van der Waals surface area contributed by atoms with Crippen molar-refractivity contribution >= 4 is 11.6 Å². The Kier molecular flexibility index (Phi) is 3.92. The summed E-state index contributed by atoms with van der Waals surface area (Å²) in [6, 6.07) is 6.02. The summed E-state index contributed by atoms with van der Waals surface area (Å²) in [5.74, 6) is 2.53. The molecule has 1 aromatic heterocycles. The van der Waals surface area contributed by atoms with Crippen LogP contribution < -0.4 is 14.8 Å². The molecule has 0 spiro atoms. The van der Waals surface area contributed by atoms with E-state index in [1.54, 1.807) is 0 Å². The van der Waals surface area contributed by atoms with Crippen LogP contribution in [0.5, 0.6) is 11.5 Å². The molecule has 0 saturated carbocycles. The van der Waals surface area contributed by atoms with Crippen LogP contribution in [-0.2, 0) is 10.3 Å². The maximum absolute atomic E-state index is 13.4. The van der Waals surface area contributed by atoms with Crippen molar-refractivity contribution in [2.75, 3.05) is 12.1 Å². The van der Waals surface area contributed by atoms with Gasteiger partial charge in [0.1, 0.15) is 5.82 Å². The van der Waals surface area contributed by atoms with Crippen molar-refractivity contribution in [1.82, 2.24) is 9.78 Å². The van der Waals surface area contributed by atoms with Gasteiger partial charge in [0, 0.05) is 29.2 Å². The first-order chi connectivity index (χ1) is 14.0. The highest BCUT2D eigenvalue weighted by atomic mass is 16.7. The van der Waals surface area contributed by atoms with Crippen LogP contribution in [0.1, 0.15) is 70.2 Å². The zero-order valence-electron chi connectivity index (χ0n) is 18.5. The number of anilines is 1. The second-order valence-electron chi connectivity index (χ2n) is 10.4. The number of carbonyl (C=O) groups excluding carboxylic acids is 1. The molecule has 0 radical (unpaired) electrons. The van der Waals surface area contributed by atoms with Gasteiger partial charge in [-0.1, -0.05) is 19.9 Å². The maximum Gasteiger partial charge on any atom is 0.231 e. The molecule has 0 bridgehead atoms. The van der Waals surface area contributed by atoms with Crippen LogP contribution >= 0.6 is 0 Å². The van der Waals surface area contributed by atoms with Crippen LogP contribution in [0.25, 0.3) is 0 Å². The van der Waals surface area contributed by atoms with Crippen LogP contribution in [0.15, 0.2) is 29.5 Å². The van der Waals surface area contributed by atoms with E-state index in [0.29, 0.717) is 6.42 Å². The highest BCUT2D eigenvalue weighted by molar-refractivity contribution is 6.01. The summed E-state index contributed by atoms with van der Waals surface area (Å²) in [7, 11) is 0. The summed E-state index contributed by atoms with van der Waals surface area (Å²) < 4.78 is 13.2. The van der Waals surface area contributed by atoms with Gasteiger partial charge in [-0.25, -0.2) is 4.68 Å². The Morgan fingerprint density at radius 1 is 1.17 bits per heavy atom. The number of nitrogens with one attached hydrogen (secondary N) is 1. The van der Waals surface area contributed by atoms with Crippen LogP contribution in [0.4, 0.5) is 5.82 Å². The van der Waals surface area contributed by atoms with E-state index in [4.69, 9.17) is 14.6 Å². The Balaban J connectivity index is 1.75. The number of hydrogen-bond donors (Lipinski definition) is 1. The topological polar surface area (TPSA) is 65.4 Å². The Labute approximate surface area is 177 Å². The minimum Gasteiger partial charge on any atom is -0.454 e. The second-order valence-corrected chi connectivity index (χ2v) is 10.4. The van der Waals surface area contributed by atoms with Crippen LogP contribution in [0.3, 0.4) is 0 Å². The molecule has 1 aromatic carbocycles. The van der Waals surface area contributed by atoms with Crippen molar-refractivity contribution in [2.24, 2.45) is 5.41 Å². The molecule has 0 fully saturated rings. The van der Waals surface area contributed by atoms with Gasteiger partial charge in [0.05, 0.1) is 11.2 Å². The predicted octanol–water partition coefficient (Wildman–Crippen LogP) is 4.88. The van der Waals surface area contributed by atoms with E-state index in [-0.39, 0.29) is 29.4 Å². The fraction of sp³-hybridized carbons (Fsp3) is 0.500. The minimum atomic E-state index is -0.183. The summed E-state index contributed by atoms with van der Waals surface area (Å²) in [5, 5.41) is 8.53. The Morgan fingerprint density at radius 2 is 1.90 bits per heavy atom. The number of allylic oxidation sites excluding steroid dienone is 2. The van der Waals surface area contributed by atoms with E-state index in [2.05, 4.69) is 50.7 Å². The molecule has 0 amide bonds. The van der Waals surface area contributed by atoms with Crippen molar-refractivity contribution in [1.29, 1.82) is 0 Å². The van der Waals surface area contributed by atoms with E-state index in [0.717, 1.165) is 51.8 Å². The largest absolute Gasteiger partial charge is 0.454 e. The molecule has 1 atom stereocenters. The molecule has 1 aliphatic carbocycles. The van der Waals surface area contributed by atoms with Gasteiger partial charge in [-0.15, -0.1) is 0 Å². The zero-order chi connectivity index (χ0) is 21.4. The zero-order valence-corrected chi connectivity index (χ0v) is 18.5. The van der Waals surface area contributed by atoms with Gasteiger partial charge in [-0.3, -0.25) is 4.79 Å². The molecular weight excluding hydrogens is 378 g/mol. The van der Waals surface area contributed by atoms with Gasteiger partial charge in [0.2, 0.25) is 6.79 Å². The lowest BCUT2D eigenvalue weighted by Crippen LogP contribution is -2.35. The Morgan fingerprint density at radius 3 is 2.63 bits per heavy atom. The lowest BCUT2D eigenvalue weighted by atomic mass is 9.69. The molecule has 30 heavy (non-hydrogen) atoms. The number of aryl methyl sites for hydroxylation is 1. The number of ether oxygens (including phenoxy) is 2. The molecule has 6 heteroatoms. The number of carbonyl (C=O) groups is 1. The first-order valence-corrected chi connectivity index (χ1v) is 10.6. The molecule has 6 nitrogen and oxygen atoms in total. The van der Waals surface area contributed by atoms with Gasteiger partial charge in [0.25, 0.3) is 0 Å². The SMILES string of the molecule is Cc1nn(C(C)(C)C)c2c1C(c1ccc3c(c1)OCO3)C1=C(CC(C)(C)CC1=O)N2. The summed E-state index contributed by atoms with van der Waals surface area (Å²) in [4.78, 5) is 13.4. The second kappa shape index (κ2) is 6.13. The number of benzene rings is 1. The number of Topliss-reactive ketones (excluding diaryl/α,β-unsaturated/α-hetero) is 1. The fourth-order valence-electron chi connectivity index (χ4n) is 4.99. The number of nitrogens with zero attached hydrogens (tertiary/aromatic N) is 2. The van der Waals surface area contributed by atoms with E-state index in [1.165, 1.54) is 0 Å². The maximum atomic E-state index is 13.4. The number of fused-ring (bicyclic) bond motifs is 2. The number of rotatable bonds is 1. The molecule has 3 aliphatic rings. The van der Waals surface area contributed by atoms with Crippen molar-refractivity contribution in [2.45, 2.75) is 65.8 Å². The molecule has 2 aromatic rings. The first kappa shape index (κ1) is 19.2. The third kappa shape index (κ3) is 2.84. The highest BCUT2D eigenvalue weighted by Crippen LogP contribution is 2.51. The van der Waals surface area contributed by atoms with E-state index in [9.17, 15) is 4.79 Å². The van der Waals surface area contributed by atoms with Crippen LogP contribution in [0.2, 0.25) is 0 Å². The third-order valence-corrected chi connectivity index (χ3v) is 6.24. The predicted molar refractivity (Wildman–Crippen MR) is 115 cm³/mol. The van der Waals surface area contributed by atoms with Crippen molar-refractivity contribution in [3.8, 4) is 11.5 Å². The van der Waals surface area contributed by atoms with E-state index < -0.39 is 0 Å². The molecule has 2 aliphatic heterocycles. The summed E-state index contributed by atoms with van der Waals surface area (Å²) in [5.41, 5.74) is 4.71. The normalized spacial score (nSPS) is 21.9. The molecule has 3 heterocycles. The molecule has 1 N–H and O–H groups in total. The summed E-state index contributed by atoms with van der Waals surface area (Å²) in [6.45, 7) is 13.0. The van der Waals surface area contributed by atoms with Gasteiger partial charge in [-0.2, -0.15) is 5.10 Å².